The summed E-state index contributed by atoms with van der Waals surface area (Å²) in [5, 5.41) is 3.39. The lowest BCUT2D eigenvalue weighted by Gasteiger charge is -2.10. The number of carbonyl (C=O) groups excluding carboxylic acids is 1. The molecule has 0 saturated heterocycles. The van der Waals surface area contributed by atoms with E-state index in [0.29, 0.717) is 22.0 Å². The first-order valence-electron chi connectivity index (χ1n) is 5.60. The smallest absolute Gasteiger partial charge is 0.258 e. The van der Waals surface area contributed by atoms with Gasteiger partial charge in [0.1, 0.15) is 0 Å². The number of amides is 1. The zero-order valence-corrected chi connectivity index (χ0v) is 12.5. The summed E-state index contributed by atoms with van der Waals surface area (Å²) in [5.74, 6) is -0.232. The van der Waals surface area contributed by atoms with Crippen molar-refractivity contribution in [2.75, 3.05) is 11.1 Å². The van der Waals surface area contributed by atoms with Gasteiger partial charge in [0.15, 0.2) is 0 Å². The van der Waals surface area contributed by atoms with Crippen molar-refractivity contribution in [3.63, 3.8) is 0 Å². The Morgan fingerprint density at radius 3 is 2.68 bits per heavy atom. The molecule has 0 radical (unpaired) electrons. The fraction of sp³-hybridized carbons (Fsp3) is 0.0714. The van der Waals surface area contributed by atoms with Crippen LogP contribution in [0.2, 0.25) is 5.02 Å². The van der Waals surface area contributed by atoms with Crippen LogP contribution >= 0.6 is 27.5 Å². The Morgan fingerprint density at radius 2 is 2.05 bits per heavy atom. The number of nitrogens with two attached hydrogens (primary N) is 1. The van der Waals surface area contributed by atoms with E-state index in [2.05, 4.69) is 21.2 Å². The van der Waals surface area contributed by atoms with E-state index in [9.17, 15) is 4.79 Å². The minimum Gasteiger partial charge on any atom is -0.398 e. The SMILES string of the molecule is Cc1cccc(N)c1C(=O)Nc1ccc(Cl)c(Br)c1. The predicted molar refractivity (Wildman–Crippen MR) is 82.7 cm³/mol. The molecular formula is C14H12BrClN2O. The summed E-state index contributed by atoms with van der Waals surface area (Å²) in [4.78, 5) is 12.2. The second-order valence-corrected chi connectivity index (χ2v) is 5.38. The highest BCUT2D eigenvalue weighted by Gasteiger charge is 2.13. The van der Waals surface area contributed by atoms with E-state index in [1.54, 1.807) is 24.3 Å². The van der Waals surface area contributed by atoms with Gasteiger partial charge >= 0.3 is 0 Å². The highest BCUT2D eigenvalue weighted by atomic mass is 79.9. The van der Waals surface area contributed by atoms with Crippen molar-refractivity contribution in [3.05, 3.63) is 57.0 Å². The molecule has 0 bridgehead atoms. The van der Waals surface area contributed by atoms with Crippen LogP contribution in [0, 0.1) is 6.92 Å². The fourth-order valence-corrected chi connectivity index (χ4v) is 2.26. The number of rotatable bonds is 2. The number of nitrogens with one attached hydrogen (secondary N) is 1. The van der Waals surface area contributed by atoms with Crippen LogP contribution in [0.3, 0.4) is 0 Å². The van der Waals surface area contributed by atoms with Crippen molar-refractivity contribution in [3.8, 4) is 0 Å². The Bertz CT molecular complexity index is 623. The summed E-state index contributed by atoms with van der Waals surface area (Å²) in [6.45, 7) is 1.85. The van der Waals surface area contributed by atoms with Gasteiger partial charge in [0, 0.05) is 15.8 Å². The number of hydrogen-bond donors (Lipinski definition) is 2. The van der Waals surface area contributed by atoms with Gasteiger partial charge in [-0.15, -0.1) is 0 Å². The van der Waals surface area contributed by atoms with Gasteiger partial charge in [-0.25, -0.2) is 0 Å². The van der Waals surface area contributed by atoms with E-state index in [0.717, 1.165) is 10.0 Å². The van der Waals surface area contributed by atoms with Crippen molar-refractivity contribution in [1.29, 1.82) is 0 Å². The lowest BCUT2D eigenvalue weighted by molar-refractivity contribution is 0.102. The normalized spacial score (nSPS) is 10.3. The Morgan fingerprint density at radius 1 is 1.32 bits per heavy atom. The molecule has 0 aliphatic rings. The lowest BCUT2D eigenvalue weighted by Crippen LogP contribution is -2.15. The monoisotopic (exact) mass is 338 g/mol. The zero-order chi connectivity index (χ0) is 14.0. The first-order chi connectivity index (χ1) is 8.99. The quantitative estimate of drug-likeness (QED) is 0.804. The fourth-order valence-electron chi connectivity index (χ4n) is 1.77. The van der Waals surface area contributed by atoms with E-state index in [1.165, 1.54) is 0 Å². The van der Waals surface area contributed by atoms with Crippen LogP contribution in [0.5, 0.6) is 0 Å². The third-order valence-corrected chi connectivity index (χ3v) is 3.92. The molecule has 0 saturated carbocycles. The second kappa shape index (κ2) is 5.63. The summed E-state index contributed by atoms with van der Waals surface area (Å²) < 4.78 is 0.727. The first-order valence-corrected chi connectivity index (χ1v) is 6.77. The van der Waals surface area contributed by atoms with Gasteiger partial charge in [0.05, 0.1) is 10.6 Å². The number of aryl methyl sites for hydroxylation is 1. The second-order valence-electron chi connectivity index (χ2n) is 4.12. The summed E-state index contributed by atoms with van der Waals surface area (Å²) >= 11 is 9.22. The average Bonchev–Trinajstić information content (AvgIpc) is 2.33. The number of hydrogen-bond acceptors (Lipinski definition) is 2. The molecule has 0 atom stereocenters. The minimum atomic E-state index is -0.232. The molecule has 0 aromatic heterocycles. The van der Waals surface area contributed by atoms with Crippen LogP contribution in [0.4, 0.5) is 11.4 Å². The Kier molecular flexibility index (Phi) is 4.12. The molecule has 0 aliphatic carbocycles. The highest BCUT2D eigenvalue weighted by molar-refractivity contribution is 9.10. The maximum Gasteiger partial charge on any atom is 0.258 e. The van der Waals surface area contributed by atoms with Crippen LogP contribution in [0.15, 0.2) is 40.9 Å². The average molecular weight is 340 g/mol. The summed E-state index contributed by atoms with van der Waals surface area (Å²) in [6, 6.07) is 10.6. The minimum absolute atomic E-state index is 0.232. The van der Waals surface area contributed by atoms with Crippen molar-refractivity contribution < 1.29 is 4.79 Å². The van der Waals surface area contributed by atoms with E-state index in [-0.39, 0.29) is 5.91 Å². The van der Waals surface area contributed by atoms with Gasteiger partial charge in [-0.1, -0.05) is 23.7 Å². The van der Waals surface area contributed by atoms with E-state index in [4.69, 9.17) is 17.3 Å². The molecule has 0 heterocycles. The molecule has 0 fully saturated rings. The summed E-state index contributed by atoms with van der Waals surface area (Å²) in [5.41, 5.74) is 8.29. The standard InChI is InChI=1S/C14H12BrClN2O/c1-8-3-2-4-12(17)13(8)14(19)18-9-5-6-11(16)10(15)7-9/h2-7H,17H2,1H3,(H,18,19). The Labute approximate surface area is 124 Å². The number of halogens is 2. The molecule has 5 heteroatoms. The number of benzene rings is 2. The third kappa shape index (κ3) is 3.08. The Balaban J connectivity index is 2.28. The van der Waals surface area contributed by atoms with Crippen LogP contribution < -0.4 is 11.1 Å². The van der Waals surface area contributed by atoms with Gasteiger partial charge < -0.3 is 11.1 Å². The first kappa shape index (κ1) is 13.9. The molecule has 0 spiro atoms. The molecule has 2 rings (SSSR count). The van der Waals surface area contributed by atoms with Crippen LogP contribution in [0.25, 0.3) is 0 Å². The van der Waals surface area contributed by atoms with Gasteiger partial charge in [-0.3, -0.25) is 4.79 Å². The molecule has 0 unspecified atom stereocenters. The molecule has 3 nitrogen and oxygen atoms in total. The largest absolute Gasteiger partial charge is 0.398 e. The van der Waals surface area contributed by atoms with Crippen LogP contribution in [0.1, 0.15) is 15.9 Å². The van der Waals surface area contributed by atoms with Gasteiger partial charge in [0.2, 0.25) is 0 Å². The maximum absolute atomic E-state index is 12.2. The molecule has 3 N–H and O–H groups in total. The molecule has 0 aliphatic heterocycles. The van der Waals surface area contributed by atoms with Crippen molar-refractivity contribution in [2.24, 2.45) is 0 Å². The molecule has 2 aromatic carbocycles. The molecule has 1 amide bonds. The molecule has 2 aromatic rings. The van der Waals surface area contributed by atoms with Gasteiger partial charge in [-0.05, 0) is 52.7 Å². The maximum atomic E-state index is 12.2. The highest BCUT2D eigenvalue weighted by Crippen LogP contribution is 2.26. The number of carbonyl (C=O) groups is 1. The molecular weight excluding hydrogens is 328 g/mol. The topological polar surface area (TPSA) is 55.1 Å². The van der Waals surface area contributed by atoms with Gasteiger partial charge in [-0.2, -0.15) is 0 Å². The predicted octanol–water partition coefficient (Wildman–Crippen LogP) is 4.25. The van der Waals surface area contributed by atoms with E-state index in [1.807, 2.05) is 19.1 Å². The van der Waals surface area contributed by atoms with Gasteiger partial charge in [0.25, 0.3) is 5.91 Å². The number of anilines is 2. The van der Waals surface area contributed by atoms with E-state index < -0.39 is 0 Å². The van der Waals surface area contributed by atoms with Crippen molar-refractivity contribution >= 4 is 44.8 Å². The molecule has 98 valence electrons. The summed E-state index contributed by atoms with van der Waals surface area (Å²) in [7, 11) is 0. The molecule has 19 heavy (non-hydrogen) atoms. The van der Waals surface area contributed by atoms with E-state index >= 15 is 0 Å². The van der Waals surface area contributed by atoms with Crippen molar-refractivity contribution in [2.45, 2.75) is 6.92 Å². The third-order valence-electron chi connectivity index (χ3n) is 2.71. The number of nitrogen functional groups attached to an aromatic ring is 1. The van der Waals surface area contributed by atoms with Crippen molar-refractivity contribution in [1.82, 2.24) is 0 Å². The Hall–Kier alpha value is -1.52. The summed E-state index contributed by atoms with van der Waals surface area (Å²) in [6.07, 6.45) is 0. The van der Waals surface area contributed by atoms with Crippen LogP contribution in [-0.2, 0) is 0 Å². The lowest BCUT2D eigenvalue weighted by atomic mass is 10.1. The zero-order valence-electron chi connectivity index (χ0n) is 10.2. The van der Waals surface area contributed by atoms with Crippen LogP contribution in [-0.4, -0.2) is 5.91 Å².